The van der Waals surface area contributed by atoms with Gasteiger partial charge in [-0.1, -0.05) is 37.3 Å². The van der Waals surface area contributed by atoms with Crippen molar-refractivity contribution in [1.29, 1.82) is 0 Å². The predicted octanol–water partition coefficient (Wildman–Crippen LogP) is 3.06. The molecule has 0 radical (unpaired) electrons. The summed E-state index contributed by atoms with van der Waals surface area (Å²) in [6, 6.07) is 15.7. The number of aromatic nitrogens is 2. The van der Waals surface area contributed by atoms with Gasteiger partial charge < -0.3 is 4.90 Å². The fourth-order valence-electron chi connectivity index (χ4n) is 3.30. The number of hydrogen-bond donors (Lipinski definition) is 0. The van der Waals surface area contributed by atoms with Gasteiger partial charge in [0.25, 0.3) is 5.91 Å². The van der Waals surface area contributed by atoms with Gasteiger partial charge >= 0.3 is 5.69 Å². The van der Waals surface area contributed by atoms with Crippen LogP contribution in [-0.4, -0.2) is 33.5 Å². The molecule has 0 fully saturated rings. The van der Waals surface area contributed by atoms with Crippen LogP contribution in [0.15, 0.2) is 53.3 Å². The van der Waals surface area contributed by atoms with Crippen molar-refractivity contribution in [3.63, 3.8) is 0 Å². The van der Waals surface area contributed by atoms with Crippen LogP contribution >= 0.6 is 0 Å². The molecule has 0 aliphatic heterocycles. The monoisotopic (exact) mass is 351 g/mol. The van der Waals surface area contributed by atoms with Gasteiger partial charge in [0, 0.05) is 32.7 Å². The van der Waals surface area contributed by atoms with E-state index >= 15 is 0 Å². The van der Waals surface area contributed by atoms with Crippen molar-refractivity contribution in [3.05, 3.63) is 70.1 Å². The third kappa shape index (κ3) is 3.43. The number of carbonyl (C=O) groups is 1. The molecule has 0 unspecified atom stereocenters. The standard InChI is InChI=1S/C21H25N3O2/c1-4-13-22(2)20(25)17-10-11-18-19(15-17)23(3)21(26)24(18)14-12-16-8-6-5-7-9-16/h5-11,15H,4,12-14H2,1-3H3. The lowest BCUT2D eigenvalue weighted by Crippen LogP contribution is -2.27. The smallest absolute Gasteiger partial charge is 0.328 e. The van der Waals surface area contributed by atoms with E-state index in [9.17, 15) is 9.59 Å². The van der Waals surface area contributed by atoms with Crippen LogP contribution in [0.2, 0.25) is 0 Å². The van der Waals surface area contributed by atoms with Crippen molar-refractivity contribution in [2.75, 3.05) is 13.6 Å². The Labute approximate surface area is 153 Å². The Morgan fingerprint density at radius 3 is 2.50 bits per heavy atom. The van der Waals surface area contributed by atoms with Gasteiger partial charge in [-0.2, -0.15) is 0 Å². The molecule has 1 heterocycles. The first-order chi connectivity index (χ1) is 12.5. The van der Waals surface area contributed by atoms with E-state index in [1.54, 1.807) is 28.1 Å². The van der Waals surface area contributed by atoms with Crippen LogP contribution in [0.1, 0.15) is 29.3 Å². The Kier molecular flexibility index (Phi) is 5.26. The molecule has 3 rings (SSSR count). The normalized spacial score (nSPS) is 11.0. The van der Waals surface area contributed by atoms with E-state index in [0.29, 0.717) is 18.7 Å². The first-order valence-corrected chi connectivity index (χ1v) is 9.01. The molecule has 0 bridgehead atoms. The number of imidazole rings is 1. The summed E-state index contributed by atoms with van der Waals surface area (Å²) >= 11 is 0. The second kappa shape index (κ2) is 7.60. The van der Waals surface area contributed by atoms with Crippen LogP contribution in [0.25, 0.3) is 11.0 Å². The van der Waals surface area contributed by atoms with Gasteiger partial charge in [-0.25, -0.2) is 4.79 Å². The molecule has 0 atom stereocenters. The second-order valence-corrected chi connectivity index (χ2v) is 6.66. The molecule has 1 amide bonds. The zero-order valence-electron chi connectivity index (χ0n) is 15.6. The highest BCUT2D eigenvalue weighted by molar-refractivity contribution is 5.97. The van der Waals surface area contributed by atoms with E-state index in [0.717, 1.165) is 23.9 Å². The summed E-state index contributed by atoms with van der Waals surface area (Å²) in [7, 11) is 3.56. The van der Waals surface area contributed by atoms with Gasteiger partial charge in [0.1, 0.15) is 0 Å². The quantitative estimate of drug-likeness (QED) is 0.685. The predicted molar refractivity (Wildman–Crippen MR) is 105 cm³/mol. The van der Waals surface area contributed by atoms with Crippen LogP contribution in [0, 0.1) is 0 Å². The summed E-state index contributed by atoms with van der Waals surface area (Å²) in [6.07, 6.45) is 1.71. The van der Waals surface area contributed by atoms with E-state index in [-0.39, 0.29) is 11.6 Å². The zero-order valence-corrected chi connectivity index (χ0v) is 15.6. The van der Waals surface area contributed by atoms with Gasteiger partial charge in [-0.3, -0.25) is 13.9 Å². The van der Waals surface area contributed by atoms with Crippen molar-refractivity contribution in [2.45, 2.75) is 26.3 Å². The maximum absolute atomic E-state index is 12.7. The minimum atomic E-state index is -0.0533. The molecule has 2 aromatic carbocycles. The average Bonchev–Trinajstić information content (AvgIpc) is 2.90. The molecule has 0 aliphatic rings. The number of hydrogen-bond acceptors (Lipinski definition) is 2. The van der Waals surface area contributed by atoms with Gasteiger partial charge in [0.15, 0.2) is 0 Å². The summed E-state index contributed by atoms with van der Waals surface area (Å²) < 4.78 is 3.41. The Morgan fingerprint density at radius 2 is 1.81 bits per heavy atom. The Bertz CT molecular complexity index is 970. The van der Waals surface area contributed by atoms with Gasteiger partial charge in [-0.15, -0.1) is 0 Å². The van der Waals surface area contributed by atoms with Crippen LogP contribution in [0.5, 0.6) is 0 Å². The highest BCUT2D eigenvalue weighted by Gasteiger charge is 2.15. The topological polar surface area (TPSA) is 47.2 Å². The van der Waals surface area contributed by atoms with E-state index in [2.05, 4.69) is 12.1 Å². The average molecular weight is 351 g/mol. The summed E-state index contributed by atoms with van der Waals surface area (Å²) in [6.45, 7) is 3.38. The second-order valence-electron chi connectivity index (χ2n) is 6.66. The Hall–Kier alpha value is -2.82. The minimum Gasteiger partial charge on any atom is -0.342 e. The molecule has 136 valence electrons. The number of benzene rings is 2. The summed E-state index contributed by atoms with van der Waals surface area (Å²) in [5, 5.41) is 0. The van der Waals surface area contributed by atoms with Crippen molar-refractivity contribution in [3.8, 4) is 0 Å². The van der Waals surface area contributed by atoms with Crippen LogP contribution in [0.3, 0.4) is 0 Å². The molecular weight excluding hydrogens is 326 g/mol. The summed E-state index contributed by atoms with van der Waals surface area (Å²) in [4.78, 5) is 26.9. The fourth-order valence-corrected chi connectivity index (χ4v) is 3.30. The van der Waals surface area contributed by atoms with Crippen molar-refractivity contribution in [1.82, 2.24) is 14.0 Å². The number of amides is 1. The van der Waals surface area contributed by atoms with E-state index in [1.807, 2.05) is 43.3 Å². The maximum atomic E-state index is 12.7. The van der Waals surface area contributed by atoms with Crippen molar-refractivity contribution in [2.24, 2.45) is 7.05 Å². The molecular formula is C21H25N3O2. The van der Waals surface area contributed by atoms with E-state index in [1.165, 1.54) is 5.56 Å². The number of carbonyl (C=O) groups excluding carboxylic acids is 1. The van der Waals surface area contributed by atoms with Crippen LogP contribution in [-0.2, 0) is 20.0 Å². The lowest BCUT2D eigenvalue weighted by atomic mass is 10.1. The number of fused-ring (bicyclic) bond motifs is 1. The molecule has 0 saturated carbocycles. The fraction of sp³-hybridized carbons (Fsp3) is 0.333. The summed E-state index contributed by atoms with van der Waals surface area (Å²) in [5.74, 6) is -0.0155. The molecule has 0 saturated heterocycles. The molecule has 5 nitrogen and oxygen atoms in total. The summed E-state index contributed by atoms with van der Waals surface area (Å²) in [5.41, 5.74) is 3.41. The highest BCUT2D eigenvalue weighted by atomic mass is 16.2. The first kappa shape index (κ1) is 18.0. The van der Waals surface area contributed by atoms with Crippen LogP contribution < -0.4 is 5.69 Å². The minimum absolute atomic E-state index is 0.0155. The van der Waals surface area contributed by atoms with Gasteiger partial charge in [-0.05, 0) is 36.6 Å². The Morgan fingerprint density at radius 1 is 1.08 bits per heavy atom. The van der Waals surface area contributed by atoms with Gasteiger partial charge in [0.2, 0.25) is 0 Å². The first-order valence-electron chi connectivity index (χ1n) is 9.01. The number of rotatable bonds is 6. The number of aryl methyl sites for hydroxylation is 3. The third-order valence-corrected chi connectivity index (χ3v) is 4.76. The SMILES string of the molecule is CCCN(C)C(=O)c1ccc2c(c1)n(C)c(=O)n2CCc1ccccc1. The highest BCUT2D eigenvalue weighted by Crippen LogP contribution is 2.17. The largest absolute Gasteiger partial charge is 0.342 e. The van der Waals surface area contributed by atoms with E-state index < -0.39 is 0 Å². The lowest BCUT2D eigenvalue weighted by molar-refractivity contribution is 0.0795. The van der Waals surface area contributed by atoms with Gasteiger partial charge in [0.05, 0.1) is 11.0 Å². The molecule has 26 heavy (non-hydrogen) atoms. The molecule has 0 aliphatic carbocycles. The van der Waals surface area contributed by atoms with Crippen molar-refractivity contribution >= 4 is 16.9 Å². The molecule has 0 N–H and O–H groups in total. The molecule has 3 aromatic rings. The maximum Gasteiger partial charge on any atom is 0.328 e. The molecule has 1 aromatic heterocycles. The molecule has 0 spiro atoms. The number of nitrogens with zero attached hydrogens (tertiary/aromatic N) is 3. The Balaban J connectivity index is 1.93. The van der Waals surface area contributed by atoms with Crippen molar-refractivity contribution < 1.29 is 4.79 Å². The molecule has 5 heteroatoms. The van der Waals surface area contributed by atoms with E-state index in [4.69, 9.17) is 0 Å². The van der Waals surface area contributed by atoms with Crippen LogP contribution in [0.4, 0.5) is 0 Å². The third-order valence-electron chi connectivity index (χ3n) is 4.76. The lowest BCUT2D eigenvalue weighted by Gasteiger charge is -2.16. The zero-order chi connectivity index (χ0) is 18.7.